The van der Waals surface area contributed by atoms with E-state index in [0.29, 0.717) is 12.1 Å². The summed E-state index contributed by atoms with van der Waals surface area (Å²) in [5.74, 6) is 0. The zero-order valence-corrected chi connectivity index (χ0v) is 10.9. The Bertz CT molecular complexity index is 178. The van der Waals surface area contributed by atoms with Gasteiger partial charge in [0, 0.05) is 32.8 Å². The second kappa shape index (κ2) is 8.01. The minimum atomic E-state index is 0.298. The van der Waals surface area contributed by atoms with E-state index in [2.05, 4.69) is 24.1 Å². The molecule has 2 unspecified atom stereocenters. The van der Waals surface area contributed by atoms with Gasteiger partial charge in [-0.05, 0) is 19.9 Å². The van der Waals surface area contributed by atoms with Crippen LogP contribution in [0.15, 0.2) is 0 Å². The molecule has 16 heavy (non-hydrogen) atoms. The Labute approximate surface area is 99.3 Å². The first-order chi connectivity index (χ1) is 7.77. The monoisotopic (exact) mass is 230 g/mol. The zero-order chi connectivity index (χ0) is 11.8. The maximum atomic E-state index is 5.54. The molecule has 1 heterocycles. The third-order valence-corrected chi connectivity index (χ3v) is 3.05. The van der Waals surface area contributed by atoms with Gasteiger partial charge in [0.05, 0.1) is 19.3 Å². The van der Waals surface area contributed by atoms with Crippen molar-refractivity contribution in [2.75, 3.05) is 46.5 Å². The molecule has 0 radical (unpaired) electrons. The molecule has 96 valence electrons. The minimum Gasteiger partial charge on any atom is -0.380 e. The van der Waals surface area contributed by atoms with Crippen LogP contribution in [0.4, 0.5) is 0 Å². The van der Waals surface area contributed by atoms with E-state index in [1.807, 2.05) is 0 Å². The van der Waals surface area contributed by atoms with E-state index in [1.54, 1.807) is 7.11 Å². The van der Waals surface area contributed by atoms with Gasteiger partial charge in [0.25, 0.3) is 0 Å². The van der Waals surface area contributed by atoms with Gasteiger partial charge >= 0.3 is 0 Å². The van der Waals surface area contributed by atoms with E-state index in [9.17, 15) is 0 Å². The number of morpholine rings is 1. The number of hydrogen-bond acceptors (Lipinski definition) is 4. The molecule has 0 amide bonds. The van der Waals surface area contributed by atoms with Gasteiger partial charge in [0.1, 0.15) is 0 Å². The molecular formula is C12H26N2O2. The summed E-state index contributed by atoms with van der Waals surface area (Å²) in [5, 5.41) is 3.46. The largest absolute Gasteiger partial charge is 0.380 e. The van der Waals surface area contributed by atoms with E-state index in [4.69, 9.17) is 9.47 Å². The molecule has 2 atom stereocenters. The van der Waals surface area contributed by atoms with Gasteiger partial charge in [-0.2, -0.15) is 0 Å². The van der Waals surface area contributed by atoms with E-state index >= 15 is 0 Å². The summed E-state index contributed by atoms with van der Waals surface area (Å²) >= 11 is 0. The number of hydrogen-bond donors (Lipinski definition) is 1. The first kappa shape index (κ1) is 13.9. The molecule has 4 heteroatoms. The molecule has 1 fully saturated rings. The van der Waals surface area contributed by atoms with Crippen molar-refractivity contribution in [3.05, 3.63) is 0 Å². The molecule has 1 aliphatic heterocycles. The Morgan fingerprint density at radius 3 is 3.06 bits per heavy atom. The van der Waals surface area contributed by atoms with Crippen LogP contribution in [0.2, 0.25) is 0 Å². The van der Waals surface area contributed by atoms with Crippen molar-refractivity contribution in [3.8, 4) is 0 Å². The SMILES string of the molecule is CCCNCC1COCCN1CC(C)OC. The normalized spacial score (nSPS) is 24.6. The van der Waals surface area contributed by atoms with Gasteiger partial charge < -0.3 is 14.8 Å². The fraction of sp³-hybridized carbons (Fsp3) is 1.00. The lowest BCUT2D eigenvalue weighted by Gasteiger charge is -2.36. The van der Waals surface area contributed by atoms with Crippen LogP contribution in [0.5, 0.6) is 0 Å². The zero-order valence-electron chi connectivity index (χ0n) is 10.9. The fourth-order valence-electron chi connectivity index (χ4n) is 1.97. The lowest BCUT2D eigenvalue weighted by Crippen LogP contribution is -2.52. The highest BCUT2D eigenvalue weighted by molar-refractivity contribution is 4.78. The van der Waals surface area contributed by atoms with Crippen molar-refractivity contribution < 1.29 is 9.47 Å². The lowest BCUT2D eigenvalue weighted by molar-refractivity contribution is -0.0295. The molecule has 0 spiro atoms. The molecule has 1 aliphatic rings. The number of methoxy groups -OCH3 is 1. The molecule has 0 aliphatic carbocycles. The number of rotatable bonds is 7. The van der Waals surface area contributed by atoms with Gasteiger partial charge in [-0.1, -0.05) is 6.92 Å². The molecule has 1 saturated heterocycles. The molecule has 4 nitrogen and oxygen atoms in total. The van der Waals surface area contributed by atoms with Gasteiger partial charge in [-0.15, -0.1) is 0 Å². The molecule has 1 N–H and O–H groups in total. The maximum Gasteiger partial charge on any atom is 0.0670 e. The lowest BCUT2D eigenvalue weighted by atomic mass is 10.2. The highest BCUT2D eigenvalue weighted by Gasteiger charge is 2.23. The highest BCUT2D eigenvalue weighted by atomic mass is 16.5. The number of nitrogens with zero attached hydrogens (tertiary/aromatic N) is 1. The van der Waals surface area contributed by atoms with Crippen molar-refractivity contribution in [2.24, 2.45) is 0 Å². The Morgan fingerprint density at radius 2 is 2.38 bits per heavy atom. The third kappa shape index (κ3) is 4.78. The molecule has 0 bridgehead atoms. The average Bonchev–Trinajstić information content (AvgIpc) is 2.31. The third-order valence-electron chi connectivity index (χ3n) is 3.05. The van der Waals surface area contributed by atoms with Crippen molar-refractivity contribution in [1.82, 2.24) is 10.2 Å². The Hall–Kier alpha value is -0.160. The van der Waals surface area contributed by atoms with Crippen LogP contribution in [-0.2, 0) is 9.47 Å². The number of nitrogens with one attached hydrogen (secondary N) is 1. The molecular weight excluding hydrogens is 204 g/mol. The second-order valence-electron chi connectivity index (χ2n) is 4.47. The Balaban J connectivity index is 2.31. The van der Waals surface area contributed by atoms with Crippen LogP contribution >= 0.6 is 0 Å². The van der Waals surface area contributed by atoms with Crippen LogP contribution < -0.4 is 5.32 Å². The average molecular weight is 230 g/mol. The topological polar surface area (TPSA) is 33.7 Å². The van der Waals surface area contributed by atoms with E-state index in [-0.39, 0.29) is 0 Å². The van der Waals surface area contributed by atoms with E-state index < -0.39 is 0 Å². The van der Waals surface area contributed by atoms with E-state index in [1.165, 1.54) is 6.42 Å². The summed E-state index contributed by atoms with van der Waals surface area (Å²) in [6.07, 6.45) is 1.48. The predicted octanol–water partition coefficient (Wildman–Crippen LogP) is 0.722. The summed E-state index contributed by atoms with van der Waals surface area (Å²) in [4.78, 5) is 2.47. The van der Waals surface area contributed by atoms with Crippen LogP contribution in [0.3, 0.4) is 0 Å². The molecule has 1 rings (SSSR count). The Kier molecular flexibility index (Phi) is 6.96. The summed E-state index contributed by atoms with van der Waals surface area (Å²) in [5.41, 5.74) is 0. The summed E-state index contributed by atoms with van der Waals surface area (Å²) in [6.45, 7) is 10.1. The summed E-state index contributed by atoms with van der Waals surface area (Å²) in [7, 11) is 1.77. The maximum absolute atomic E-state index is 5.54. The first-order valence-electron chi connectivity index (χ1n) is 6.33. The van der Waals surface area contributed by atoms with Crippen LogP contribution in [0.1, 0.15) is 20.3 Å². The molecule has 0 aromatic carbocycles. The molecule has 0 aromatic heterocycles. The summed E-state index contributed by atoms with van der Waals surface area (Å²) in [6, 6.07) is 0.498. The van der Waals surface area contributed by atoms with Crippen molar-refractivity contribution >= 4 is 0 Å². The first-order valence-corrected chi connectivity index (χ1v) is 6.33. The van der Waals surface area contributed by atoms with Crippen molar-refractivity contribution in [3.63, 3.8) is 0 Å². The van der Waals surface area contributed by atoms with Gasteiger partial charge in [0.2, 0.25) is 0 Å². The Morgan fingerprint density at radius 1 is 1.56 bits per heavy atom. The van der Waals surface area contributed by atoms with Crippen LogP contribution in [-0.4, -0.2) is 63.5 Å². The van der Waals surface area contributed by atoms with Gasteiger partial charge in [-0.25, -0.2) is 0 Å². The minimum absolute atomic E-state index is 0.298. The smallest absolute Gasteiger partial charge is 0.0670 e. The predicted molar refractivity (Wildman–Crippen MR) is 65.8 cm³/mol. The van der Waals surface area contributed by atoms with Crippen LogP contribution in [0, 0.1) is 0 Å². The van der Waals surface area contributed by atoms with Crippen LogP contribution in [0.25, 0.3) is 0 Å². The van der Waals surface area contributed by atoms with Gasteiger partial charge in [-0.3, -0.25) is 4.90 Å². The van der Waals surface area contributed by atoms with Gasteiger partial charge in [0.15, 0.2) is 0 Å². The van der Waals surface area contributed by atoms with Crippen molar-refractivity contribution in [1.29, 1.82) is 0 Å². The molecule has 0 aromatic rings. The van der Waals surface area contributed by atoms with E-state index in [0.717, 1.165) is 39.4 Å². The summed E-state index contributed by atoms with van der Waals surface area (Å²) < 4.78 is 10.9. The fourth-order valence-corrected chi connectivity index (χ4v) is 1.97. The van der Waals surface area contributed by atoms with Crippen molar-refractivity contribution in [2.45, 2.75) is 32.4 Å². The number of ether oxygens (including phenoxy) is 2. The molecule has 0 saturated carbocycles. The standard InChI is InChI=1S/C12H26N2O2/c1-4-5-13-8-12-10-16-7-6-14(12)9-11(2)15-3/h11-13H,4-10H2,1-3H3. The quantitative estimate of drug-likeness (QED) is 0.654. The second-order valence-corrected chi connectivity index (χ2v) is 4.47. The highest BCUT2D eigenvalue weighted by Crippen LogP contribution is 2.08.